The van der Waals surface area contributed by atoms with Crippen LogP contribution in [0.5, 0.6) is 5.75 Å². The third kappa shape index (κ3) is 2.78. The Hall–Kier alpha value is -2.24. The third-order valence-electron chi connectivity index (χ3n) is 2.61. The second-order valence-electron chi connectivity index (χ2n) is 3.88. The molecule has 1 heterocycles. The lowest BCUT2D eigenvalue weighted by atomic mass is 10.0. The molecular weight excluding hydrogens is 257 g/mol. The standard InChI is InChI=1S/C13H11F3N2O/c1-19-9-4-2-3-8(5-9)10-7-18-12(17)6-11(10)13(14,15)16/h2-7H,1H3,(H2,17,18). The number of halogens is 3. The number of alkyl halides is 3. The molecule has 100 valence electrons. The molecule has 2 aromatic rings. The number of pyridine rings is 1. The van der Waals surface area contributed by atoms with E-state index in [0.717, 1.165) is 12.3 Å². The predicted octanol–water partition coefficient (Wildman–Crippen LogP) is 3.36. The van der Waals surface area contributed by atoms with Crippen LogP contribution in [-0.2, 0) is 6.18 Å². The molecule has 1 aromatic carbocycles. The zero-order valence-electron chi connectivity index (χ0n) is 10.0. The summed E-state index contributed by atoms with van der Waals surface area (Å²) in [5.74, 6) is 0.307. The minimum Gasteiger partial charge on any atom is -0.497 e. The molecule has 0 fully saturated rings. The van der Waals surface area contributed by atoms with Crippen molar-refractivity contribution in [1.29, 1.82) is 0 Å². The Labute approximate surface area is 107 Å². The summed E-state index contributed by atoms with van der Waals surface area (Å²) >= 11 is 0. The van der Waals surface area contributed by atoms with Crippen LogP contribution in [0.1, 0.15) is 5.56 Å². The Balaban J connectivity index is 2.61. The highest BCUT2D eigenvalue weighted by Crippen LogP contribution is 2.38. The van der Waals surface area contributed by atoms with Crippen molar-refractivity contribution in [1.82, 2.24) is 4.98 Å². The van der Waals surface area contributed by atoms with Gasteiger partial charge in [0.1, 0.15) is 11.6 Å². The van der Waals surface area contributed by atoms with E-state index in [4.69, 9.17) is 10.5 Å². The summed E-state index contributed by atoms with van der Waals surface area (Å²) in [6, 6.07) is 7.17. The molecule has 0 radical (unpaired) electrons. The molecule has 1 aromatic heterocycles. The predicted molar refractivity (Wildman–Crippen MR) is 65.6 cm³/mol. The number of methoxy groups -OCH3 is 1. The van der Waals surface area contributed by atoms with Gasteiger partial charge in [-0.1, -0.05) is 12.1 Å². The molecule has 0 aliphatic rings. The number of nitrogens with zero attached hydrogens (tertiary/aromatic N) is 1. The van der Waals surface area contributed by atoms with Crippen LogP contribution in [0.2, 0.25) is 0 Å². The highest BCUT2D eigenvalue weighted by Gasteiger charge is 2.34. The van der Waals surface area contributed by atoms with Crippen LogP contribution >= 0.6 is 0 Å². The fraction of sp³-hybridized carbons (Fsp3) is 0.154. The molecule has 3 nitrogen and oxygen atoms in total. The molecule has 0 saturated carbocycles. The first-order chi connectivity index (χ1) is 8.91. The van der Waals surface area contributed by atoms with Crippen molar-refractivity contribution in [2.24, 2.45) is 0 Å². The molecule has 0 atom stereocenters. The molecular formula is C13H11F3N2O. The fourth-order valence-corrected chi connectivity index (χ4v) is 1.73. The minimum absolute atomic E-state index is 0.0272. The number of nitrogens with two attached hydrogens (primary N) is 1. The summed E-state index contributed by atoms with van der Waals surface area (Å²) in [4.78, 5) is 3.72. The second kappa shape index (κ2) is 4.79. The van der Waals surface area contributed by atoms with Crippen molar-refractivity contribution >= 4 is 5.82 Å². The Kier molecular flexibility index (Phi) is 3.33. The Morgan fingerprint density at radius 1 is 1.21 bits per heavy atom. The van der Waals surface area contributed by atoms with Gasteiger partial charge in [0.25, 0.3) is 0 Å². The summed E-state index contributed by atoms with van der Waals surface area (Å²) in [5.41, 5.74) is 4.86. The Morgan fingerprint density at radius 2 is 1.95 bits per heavy atom. The van der Waals surface area contributed by atoms with E-state index in [0.29, 0.717) is 11.3 Å². The van der Waals surface area contributed by atoms with Crippen LogP contribution in [-0.4, -0.2) is 12.1 Å². The summed E-state index contributed by atoms with van der Waals surface area (Å²) < 4.78 is 43.9. The average Bonchev–Trinajstić information content (AvgIpc) is 2.37. The van der Waals surface area contributed by atoms with Crippen LogP contribution in [0.15, 0.2) is 36.5 Å². The molecule has 0 spiro atoms. The Morgan fingerprint density at radius 3 is 2.58 bits per heavy atom. The first kappa shape index (κ1) is 13.2. The molecule has 2 rings (SSSR count). The van der Waals surface area contributed by atoms with Crippen molar-refractivity contribution in [3.63, 3.8) is 0 Å². The van der Waals surface area contributed by atoms with E-state index in [-0.39, 0.29) is 11.4 Å². The molecule has 0 aliphatic heterocycles. The van der Waals surface area contributed by atoms with E-state index < -0.39 is 11.7 Å². The van der Waals surface area contributed by atoms with Crippen LogP contribution in [0, 0.1) is 0 Å². The van der Waals surface area contributed by atoms with Crippen LogP contribution < -0.4 is 10.5 Å². The maximum Gasteiger partial charge on any atom is 0.417 e. The number of hydrogen-bond donors (Lipinski definition) is 1. The van der Waals surface area contributed by atoms with Gasteiger partial charge in [0.2, 0.25) is 0 Å². The first-order valence-electron chi connectivity index (χ1n) is 5.39. The first-order valence-corrected chi connectivity index (χ1v) is 5.39. The van der Waals surface area contributed by atoms with E-state index in [1.165, 1.54) is 13.2 Å². The zero-order chi connectivity index (χ0) is 14.0. The van der Waals surface area contributed by atoms with Crippen molar-refractivity contribution in [3.05, 3.63) is 42.1 Å². The molecule has 0 aliphatic carbocycles. The number of anilines is 1. The minimum atomic E-state index is -4.49. The van der Waals surface area contributed by atoms with Gasteiger partial charge in [-0.05, 0) is 23.8 Å². The number of benzene rings is 1. The van der Waals surface area contributed by atoms with Gasteiger partial charge in [-0.15, -0.1) is 0 Å². The topological polar surface area (TPSA) is 48.1 Å². The van der Waals surface area contributed by atoms with Gasteiger partial charge < -0.3 is 10.5 Å². The number of hydrogen-bond acceptors (Lipinski definition) is 3. The lowest BCUT2D eigenvalue weighted by Gasteiger charge is -2.13. The van der Waals surface area contributed by atoms with Crippen molar-refractivity contribution < 1.29 is 17.9 Å². The lowest BCUT2D eigenvalue weighted by Crippen LogP contribution is -2.09. The van der Waals surface area contributed by atoms with Crippen molar-refractivity contribution in [3.8, 4) is 16.9 Å². The van der Waals surface area contributed by atoms with Crippen LogP contribution in [0.3, 0.4) is 0 Å². The number of nitrogen functional groups attached to an aromatic ring is 1. The van der Waals surface area contributed by atoms with E-state index in [1.807, 2.05) is 0 Å². The summed E-state index contributed by atoms with van der Waals surface area (Å²) in [7, 11) is 1.45. The second-order valence-corrected chi connectivity index (χ2v) is 3.88. The van der Waals surface area contributed by atoms with Gasteiger partial charge in [0.05, 0.1) is 12.7 Å². The van der Waals surface area contributed by atoms with Gasteiger partial charge in [0.15, 0.2) is 0 Å². The number of aromatic nitrogens is 1. The van der Waals surface area contributed by atoms with Crippen molar-refractivity contribution in [2.45, 2.75) is 6.18 Å². The molecule has 0 saturated heterocycles. The number of ether oxygens (including phenoxy) is 1. The fourth-order valence-electron chi connectivity index (χ4n) is 1.73. The quantitative estimate of drug-likeness (QED) is 0.908. The van der Waals surface area contributed by atoms with E-state index in [2.05, 4.69) is 4.98 Å². The highest BCUT2D eigenvalue weighted by atomic mass is 19.4. The molecule has 0 bridgehead atoms. The van der Waals surface area contributed by atoms with Gasteiger partial charge >= 0.3 is 6.18 Å². The molecule has 6 heteroatoms. The molecule has 0 unspecified atom stereocenters. The zero-order valence-corrected chi connectivity index (χ0v) is 10.0. The highest BCUT2D eigenvalue weighted by molar-refractivity contribution is 5.69. The van der Waals surface area contributed by atoms with E-state index >= 15 is 0 Å². The summed E-state index contributed by atoms with van der Waals surface area (Å²) in [5, 5.41) is 0. The summed E-state index contributed by atoms with van der Waals surface area (Å²) in [6.07, 6.45) is -3.37. The number of rotatable bonds is 2. The third-order valence-corrected chi connectivity index (χ3v) is 2.61. The average molecular weight is 268 g/mol. The molecule has 2 N–H and O–H groups in total. The van der Waals surface area contributed by atoms with E-state index in [9.17, 15) is 13.2 Å². The van der Waals surface area contributed by atoms with E-state index in [1.54, 1.807) is 18.2 Å². The summed E-state index contributed by atoms with van der Waals surface area (Å²) in [6.45, 7) is 0. The van der Waals surface area contributed by atoms with Crippen molar-refractivity contribution in [2.75, 3.05) is 12.8 Å². The van der Waals surface area contributed by atoms with Crippen LogP contribution in [0.4, 0.5) is 19.0 Å². The van der Waals surface area contributed by atoms with Gasteiger partial charge in [0, 0.05) is 11.8 Å². The molecule has 19 heavy (non-hydrogen) atoms. The normalized spacial score (nSPS) is 11.4. The maximum absolute atomic E-state index is 13.0. The smallest absolute Gasteiger partial charge is 0.417 e. The Bertz CT molecular complexity index is 597. The maximum atomic E-state index is 13.0. The lowest BCUT2D eigenvalue weighted by molar-refractivity contribution is -0.137. The van der Waals surface area contributed by atoms with Crippen LogP contribution in [0.25, 0.3) is 11.1 Å². The SMILES string of the molecule is COc1cccc(-c2cnc(N)cc2C(F)(F)F)c1. The van der Waals surface area contributed by atoms with Gasteiger partial charge in [-0.25, -0.2) is 4.98 Å². The largest absolute Gasteiger partial charge is 0.497 e. The van der Waals surface area contributed by atoms with Gasteiger partial charge in [-0.2, -0.15) is 13.2 Å². The monoisotopic (exact) mass is 268 g/mol. The molecule has 0 amide bonds. The van der Waals surface area contributed by atoms with Gasteiger partial charge in [-0.3, -0.25) is 0 Å².